The molecular weight excluding hydrogens is 360 g/mol. The summed E-state index contributed by atoms with van der Waals surface area (Å²) in [5.41, 5.74) is 2.06. The molecule has 0 radical (unpaired) electrons. The highest BCUT2D eigenvalue weighted by atomic mass is 32.2. The van der Waals surface area contributed by atoms with Gasteiger partial charge in [-0.25, -0.2) is 4.98 Å². The Balaban J connectivity index is 1.62. The molecule has 6 nitrogen and oxygen atoms in total. The molecule has 130 valence electrons. The van der Waals surface area contributed by atoms with Crippen LogP contribution in [-0.4, -0.2) is 35.3 Å². The van der Waals surface area contributed by atoms with Crippen LogP contribution in [0.15, 0.2) is 55.0 Å². The molecule has 0 saturated heterocycles. The lowest BCUT2D eigenvalue weighted by molar-refractivity contribution is 0.316. The summed E-state index contributed by atoms with van der Waals surface area (Å²) in [5, 5.41) is 0.933. The fourth-order valence-corrected chi connectivity index (χ4v) is 3.59. The molecule has 0 saturated carbocycles. The molecule has 0 amide bonds. The summed E-state index contributed by atoms with van der Waals surface area (Å²) in [6, 6.07) is 11.4. The summed E-state index contributed by atoms with van der Waals surface area (Å²) in [5.74, 6) is 0.349. The number of hydrogen-bond donors (Lipinski definition) is 1. The van der Waals surface area contributed by atoms with Crippen molar-refractivity contribution in [3.8, 4) is 26.8 Å². The first kappa shape index (κ1) is 17.5. The first-order valence-corrected chi connectivity index (χ1v) is 9.98. The third-order valence-electron chi connectivity index (χ3n) is 3.39. The van der Waals surface area contributed by atoms with Crippen LogP contribution in [0.2, 0.25) is 0 Å². The quantitative estimate of drug-likeness (QED) is 0.501. The van der Waals surface area contributed by atoms with E-state index in [0.717, 1.165) is 21.0 Å². The topological polar surface area (TPSA) is 89.4 Å². The zero-order valence-electron chi connectivity index (χ0n) is 13.2. The zero-order chi connectivity index (χ0) is 17.7. The second-order valence-corrected chi connectivity index (χ2v) is 7.88. The molecule has 1 N–H and O–H groups in total. The summed E-state index contributed by atoms with van der Waals surface area (Å²) in [4.78, 5) is 9.50. The van der Waals surface area contributed by atoms with E-state index in [2.05, 4.69) is 9.97 Å². The van der Waals surface area contributed by atoms with Gasteiger partial charge in [-0.15, -0.1) is 11.3 Å². The number of rotatable bonds is 7. The third kappa shape index (κ3) is 5.09. The van der Waals surface area contributed by atoms with E-state index in [1.165, 1.54) is 0 Å². The lowest BCUT2D eigenvalue weighted by Gasteiger charge is -2.06. The Labute approximate surface area is 149 Å². The third-order valence-corrected chi connectivity index (χ3v) is 5.29. The number of pyridine rings is 1. The van der Waals surface area contributed by atoms with E-state index in [-0.39, 0.29) is 18.8 Å². The van der Waals surface area contributed by atoms with Gasteiger partial charge in [-0.1, -0.05) is 0 Å². The van der Waals surface area contributed by atoms with Crippen LogP contribution in [0.4, 0.5) is 0 Å². The van der Waals surface area contributed by atoms with Crippen molar-refractivity contribution in [2.24, 2.45) is 0 Å². The standard InChI is InChI=1S/C17H16N2O4S2/c20-25(21,22)11-1-10-23-15-4-2-13(3-5-15)16-12-19-17(24-16)14-6-8-18-9-7-14/h2-9,12H,1,10-11H2,(H,20,21,22). The minimum atomic E-state index is -3.93. The van der Waals surface area contributed by atoms with E-state index in [9.17, 15) is 8.42 Å². The van der Waals surface area contributed by atoms with Crippen molar-refractivity contribution in [2.45, 2.75) is 6.42 Å². The van der Waals surface area contributed by atoms with Crippen LogP contribution in [0.3, 0.4) is 0 Å². The van der Waals surface area contributed by atoms with Crippen LogP contribution in [0, 0.1) is 0 Å². The highest BCUT2D eigenvalue weighted by molar-refractivity contribution is 7.85. The van der Waals surface area contributed by atoms with Gasteiger partial charge in [-0.05, 0) is 48.4 Å². The first-order chi connectivity index (χ1) is 12.0. The van der Waals surface area contributed by atoms with Gasteiger partial charge in [-0.2, -0.15) is 8.42 Å². The zero-order valence-corrected chi connectivity index (χ0v) is 14.8. The minimum absolute atomic E-state index is 0.228. The van der Waals surface area contributed by atoms with Crippen LogP contribution in [0.25, 0.3) is 21.0 Å². The average molecular weight is 376 g/mol. The Morgan fingerprint density at radius 2 is 1.76 bits per heavy atom. The van der Waals surface area contributed by atoms with Crippen molar-refractivity contribution < 1.29 is 17.7 Å². The molecule has 0 bridgehead atoms. The van der Waals surface area contributed by atoms with Crippen molar-refractivity contribution in [2.75, 3.05) is 12.4 Å². The van der Waals surface area contributed by atoms with Gasteiger partial charge >= 0.3 is 0 Å². The molecule has 0 spiro atoms. The smallest absolute Gasteiger partial charge is 0.264 e. The van der Waals surface area contributed by atoms with Crippen LogP contribution in [0.5, 0.6) is 5.75 Å². The van der Waals surface area contributed by atoms with E-state index < -0.39 is 10.1 Å². The lowest BCUT2D eigenvalue weighted by atomic mass is 10.2. The van der Waals surface area contributed by atoms with Gasteiger partial charge in [-0.3, -0.25) is 9.54 Å². The van der Waals surface area contributed by atoms with Gasteiger partial charge < -0.3 is 4.74 Å². The van der Waals surface area contributed by atoms with Crippen LogP contribution in [0.1, 0.15) is 6.42 Å². The molecule has 8 heteroatoms. The number of hydrogen-bond acceptors (Lipinski definition) is 6. The lowest BCUT2D eigenvalue weighted by Crippen LogP contribution is -2.08. The van der Waals surface area contributed by atoms with Gasteiger partial charge in [0, 0.05) is 24.2 Å². The first-order valence-electron chi connectivity index (χ1n) is 7.56. The van der Waals surface area contributed by atoms with Crippen LogP contribution in [-0.2, 0) is 10.1 Å². The van der Waals surface area contributed by atoms with Gasteiger partial charge in [0.25, 0.3) is 10.1 Å². The molecule has 3 aromatic rings. The van der Waals surface area contributed by atoms with E-state index in [1.54, 1.807) is 23.7 Å². The van der Waals surface area contributed by atoms with Gasteiger partial charge in [0.1, 0.15) is 10.8 Å². The second kappa shape index (κ2) is 7.73. The predicted molar refractivity (Wildman–Crippen MR) is 97.3 cm³/mol. The maximum Gasteiger partial charge on any atom is 0.264 e. The Morgan fingerprint density at radius 3 is 2.44 bits per heavy atom. The SMILES string of the molecule is O=S(=O)(O)CCCOc1ccc(-c2cnc(-c3ccncc3)s2)cc1. The molecule has 0 aliphatic carbocycles. The molecule has 2 heterocycles. The highest BCUT2D eigenvalue weighted by Gasteiger charge is 2.07. The number of ether oxygens (including phenoxy) is 1. The van der Waals surface area contributed by atoms with Crippen molar-refractivity contribution in [1.82, 2.24) is 9.97 Å². The summed E-state index contributed by atoms with van der Waals surface area (Å²) >= 11 is 1.59. The van der Waals surface area contributed by atoms with E-state index in [4.69, 9.17) is 9.29 Å². The van der Waals surface area contributed by atoms with E-state index in [1.807, 2.05) is 42.6 Å². The molecular formula is C17H16N2O4S2. The molecule has 3 rings (SSSR count). The van der Waals surface area contributed by atoms with Crippen molar-refractivity contribution >= 4 is 21.5 Å². The van der Waals surface area contributed by atoms with Crippen molar-refractivity contribution in [3.63, 3.8) is 0 Å². The molecule has 0 aliphatic heterocycles. The number of thiazole rings is 1. The van der Waals surface area contributed by atoms with Gasteiger partial charge in [0.15, 0.2) is 0 Å². The predicted octanol–water partition coefficient (Wildman–Crippen LogP) is 3.53. The molecule has 0 fully saturated rings. The average Bonchev–Trinajstić information content (AvgIpc) is 3.09. The fraction of sp³-hybridized carbons (Fsp3) is 0.176. The summed E-state index contributed by atoms with van der Waals surface area (Å²) in [6.45, 7) is 0.228. The summed E-state index contributed by atoms with van der Waals surface area (Å²) in [6.07, 6.45) is 5.56. The maximum absolute atomic E-state index is 10.6. The highest BCUT2D eigenvalue weighted by Crippen LogP contribution is 2.32. The number of aromatic nitrogens is 2. The Bertz CT molecular complexity index is 923. The molecule has 25 heavy (non-hydrogen) atoms. The Morgan fingerprint density at radius 1 is 1.04 bits per heavy atom. The number of benzene rings is 1. The van der Waals surface area contributed by atoms with E-state index in [0.29, 0.717) is 5.75 Å². The van der Waals surface area contributed by atoms with E-state index >= 15 is 0 Å². The fourth-order valence-electron chi connectivity index (χ4n) is 2.18. The normalized spacial score (nSPS) is 11.4. The molecule has 1 aromatic carbocycles. The van der Waals surface area contributed by atoms with Gasteiger partial charge in [0.05, 0.1) is 17.2 Å². The summed E-state index contributed by atoms with van der Waals surface area (Å²) in [7, 11) is -3.93. The molecule has 0 aliphatic rings. The molecule has 0 atom stereocenters. The Kier molecular flexibility index (Phi) is 5.42. The van der Waals surface area contributed by atoms with Crippen molar-refractivity contribution in [3.05, 3.63) is 55.0 Å². The van der Waals surface area contributed by atoms with Crippen LogP contribution < -0.4 is 4.74 Å². The summed E-state index contributed by atoms with van der Waals surface area (Å²) < 4.78 is 35.4. The maximum atomic E-state index is 10.6. The number of nitrogens with zero attached hydrogens (tertiary/aromatic N) is 2. The van der Waals surface area contributed by atoms with Gasteiger partial charge in [0.2, 0.25) is 0 Å². The minimum Gasteiger partial charge on any atom is -0.494 e. The van der Waals surface area contributed by atoms with Crippen molar-refractivity contribution in [1.29, 1.82) is 0 Å². The Hall–Kier alpha value is -2.29. The largest absolute Gasteiger partial charge is 0.494 e. The second-order valence-electron chi connectivity index (χ2n) is 5.28. The molecule has 2 aromatic heterocycles. The molecule has 0 unspecified atom stereocenters. The monoisotopic (exact) mass is 376 g/mol. The van der Waals surface area contributed by atoms with Crippen LogP contribution >= 0.6 is 11.3 Å².